The van der Waals surface area contributed by atoms with E-state index in [4.69, 9.17) is 18.9 Å². The summed E-state index contributed by atoms with van der Waals surface area (Å²) in [5.74, 6) is -0.0712. The lowest BCUT2D eigenvalue weighted by atomic mass is 9.78. The van der Waals surface area contributed by atoms with Crippen molar-refractivity contribution in [3.05, 3.63) is 69.8 Å². The third-order valence-corrected chi connectivity index (χ3v) is 7.30. The fourth-order valence-electron chi connectivity index (χ4n) is 4.57. The number of Topliss-reactive ketones (excluding diaryl/α,β-unsaturated/α-hetero) is 1. The maximum absolute atomic E-state index is 12.4. The second-order valence-electron chi connectivity index (χ2n) is 10.3. The number of nitro benzene ring substituents is 1. The van der Waals surface area contributed by atoms with Crippen LogP contribution >= 0.6 is 0 Å². The molecule has 212 valence electrons. The number of rotatable bonds is 11. The first-order valence-corrected chi connectivity index (χ1v) is 13.1. The summed E-state index contributed by atoms with van der Waals surface area (Å²) in [5.41, 5.74) is 1.28. The highest BCUT2D eigenvalue weighted by Gasteiger charge is 2.42. The highest BCUT2D eigenvalue weighted by molar-refractivity contribution is 5.80. The van der Waals surface area contributed by atoms with Crippen molar-refractivity contribution < 1.29 is 33.5 Å². The topological polar surface area (TPSA) is 117 Å². The van der Waals surface area contributed by atoms with Crippen molar-refractivity contribution >= 4 is 17.6 Å². The van der Waals surface area contributed by atoms with E-state index in [1.807, 2.05) is 58.0 Å². The van der Waals surface area contributed by atoms with Gasteiger partial charge in [0.15, 0.2) is 11.5 Å². The van der Waals surface area contributed by atoms with Crippen LogP contribution in [-0.2, 0) is 32.0 Å². The van der Waals surface area contributed by atoms with Crippen molar-refractivity contribution in [3.8, 4) is 5.75 Å². The predicted molar refractivity (Wildman–Crippen MR) is 144 cm³/mol. The molecule has 1 fully saturated rings. The van der Waals surface area contributed by atoms with Crippen molar-refractivity contribution in [2.24, 2.45) is 17.8 Å². The fourth-order valence-corrected chi connectivity index (χ4v) is 4.57. The molecule has 0 bridgehead atoms. The van der Waals surface area contributed by atoms with E-state index in [1.165, 1.54) is 24.0 Å². The zero-order chi connectivity index (χ0) is 28.7. The third-order valence-electron chi connectivity index (χ3n) is 7.30. The quantitative estimate of drug-likeness (QED) is 0.211. The predicted octanol–water partition coefficient (Wildman–Crippen LogP) is 5.37. The summed E-state index contributed by atoms with van der Waals surface area (Å²) >= 11 is 0. The van der Waals surface area contributed by atoms with Gasteiger partial charge < -0.3 is 18.9 Å². The molecule has 0 saturated carbocycles. The summed E-state index contributed by atoms with van der Waals surface area (Å²) in [4.78, 5) is 37.0. The number of amides is 1. The maximum Gasteiger partial charge on any atom is 0.411 e. The van der Waals surface area contributed by atoms with Gasteiger partial charge in [0, 0.05) is 19.0 Å². The van der Waals surface area contributed by atoms with Gasteiger partial charge in [-0.05, 0) is 49.3 Å². The number of ketones is 1. The Labute approximate surface area is 229 Å². The lowest BCUT2D eigenvalue weighted by molar-refractivity contribution is -0.386. The highest BCUT2D eigenvalue weighted by Crippen LogP contribution is 2.38. The van der Waals surface area contributed by atoms with Crippen LogP contribution in [0.1, 0.15) is 45.7 Å². The van der Waals surface area contributed by atoms with E-state index in [2.05, 4.69) is 0 Å². The smallest absolute Gasteiger partial charge is 0.411 e. The first kappa shape index (κ1) is 30.0. The average Bonchev–Trinajstić information content (AvgIpc) is 2.91. The minimum Gasteiger partial charge on any atom is -0.457 e. The molecule has 10 heteroatoms. The Morgan fingerprint density at radius 2 is 1.74 bits per heavy atom. The van der Waals surface area contributed by atoms with Gasteiger partial charge in [0.2, 0.25) is 6.29 Å². The molecule has 0 aliphatic carbocycles. The number of hydrogen-bond donors (Lipinski definition) is 0. The Balaban J connectivity index is 1.57. The number of hydrogen-bond acceptors (Lipinski definition) is 8. The molecule has 2 aromatic rings. The van der Waals surface area contributed by atoms with Gasteiger partial charge in [0.05, 0.1) is 11.0 Å². The molecule has 6 atom stereocenters. The lowest BCUT2D eigenvalue weighted by Gasteiger charge is -2.42. The van der Waals surface area contributed by atoms with Crippen LogP contribution in [0, 0.1) is 27.9 Å². The van der Waals surface area contributed by atoms with Crippen LogP contribution in [0.3, 0.4) is 0 Å². The van der Waals surface area contributed by atoms with Crippen LogP contribution in [-0.4, -0.2) is 54.0 Å². The lowest BCUT2D eigenvalue weighted by Crippen LogP contribution is -2.49. The molecule has 1 saturated heterocycles. The van der Waals surface area contributed by atoms with E-state index >= 15 is 0 Å². The Kier molecular flexibility index (Phi) is 10.4. The van der Waals surface area contributed by atoms with Gasteiger partial charge in [0.25, 0.3) is 0 Å². The fraction of sp³-hybridized carbons (Fsp3) is 0.517. The standard InChI is InChI=1S/C29H38N2O8/c1-18(14-23-10-8-7-9-11-23)37-17-30(6)29(33)36-16-24-12-13-26(25(15-24)31(34)35)38-28-21(4)19(2)20(3)27(39-28)22(5)32/h7-13,15,18-21,27-28H,14,16-17H2,1-6H3/t18?,19-,20?,21-,27?,28?/m0/s1. The Bertz CT molecular complexity index is 1140. The Hall–Kier alpha value is -3.50. The normalized spacial score (nSPS) is 23.5. The van der Waals surface area contributed by atoms with Gasteiger partial charge in [-0.1, -0.05) is 57.2 Å². The maximum atomic E-state index is 12.4. The number of carbonyl (C=O) groups is 2. The average molecular weight is 543 g/mol. The van der Waals surface area contributed by atoms with Gasteiger partial charge in [-0.3, -0.25) is 19.8 Å². The van der Waals surface area contributed by atoms with E-state index < -0.39 is 23.4 Å². The molecule has 1 aliphatic rings. The van der Waals surface area contributed by atoms with Crippen LogP contribution in [0.25, 0.3) is 0 Å². The molecule has 1 heterocycles. The van der Waals surface area contributed by atoms with Gasteiger partial charge in [-0.25, -0.2) is 4.79 Å². The summed E-state index contributed by atoms with van der Waals surface area (Å²) in [6.07, 6.45) is -1.47. The molecule has 39 heavy (non-hydrogen) atoms. The number of ether oxygens (including phenoxy) is 4. The van der Waals surface area contributed by atoms with E-state index in [0.717, 1.165) is 5.56 Å². The summed E-state index contributed by atoms with van der Waals surface area (Å²) in [7, 11) is 1.55. The summed E-state index contributed by atoms with van der Waals surface area (Å²) in [5, 5.41) is 11.8. The van der Waals surface area contributed by atoms with Crippen LogP contribution in [0.4, 0.5) is 10.5 Å². The molecule has 1 aliphatic heterocycles. The molecular formula is C29H38N2O8. The van der Waals surface area contributed by atoms with Gasteiger partial charge in [0.1, 0.15) is 19.4 Å². The van der Waals surface area contributed by atoms with Gasteiger partial charge in [-0.2, -0.15) is 0 Å². The van der Waals surface area contributed by atoms with Crippen molar-refractivity contribution in [1.82, 2.24) is 4.90 Å². The van der Waals surface area contributed by atoms with Crippen molar-refractivity contribution in [2.75, 3.05) is 13.8 Å². The second kappa shape index (κ2) is 13.5. The van der Waals surface area contributed by atoms with Crippen LogP contribution in [0.2, 0.25) is 0 Å². The van der Waals surface area contributed by atoms with Crippen molar-refractivity contribution in [1.29, 1.82) is 0 Å². The third kappa shape index (κ3) is 8.00. The van der Waals surface area contributed by atoms with Crippen LogP contribution in [0.15, 0.2) is 48.5 Å². The first-order chi connectivity index (χ1) is 18.5. The minimum absolute atomic E-state index is 0.00000250. The zero-order valence-electron chi connectivity index (χ0n) is 23.4. The molecule has 3 rings (SSSR count). The summed E-state index contributed by atoms with van der Waals surface area (Å²) < 4.78 is 22.9. The van der Waals surface area contributed by atoms with E-state index in [-0.39, 0.29) is 54.4 Å². The molecular weight excluding hydrogens is 504 g/mol. The number of carbonyl (C=O) groups excluding carboxylic acids is 2. The molecule has 0 N–H and O–H groups in total. The minimum atomic E-state index is -0.814. The number of nitrogens with zero attached hydrogens (tertiary/aromatic N) is 2. The van der Waals surface area contributed by atoms with Crippen molar-refractivity contribution in [3.63, 3.8) is 0 Å². The van der Waals surface area contributed by atoms with Crippen LogP contribution < -0.4 is 4.74 Å². The zero-order valence-corrected chi connectivity index (χ0v) is 23.4. The monoisotopic (exact) mass is 542 g/mol. The van der Waals surface area contributed by atoms with Gasteiger partial charge in [-0.15, -0.1) is 0 Å². The number of nitro groups is 1. The second-order valence-corrected chi connectivity index (χ2v) is 10.3. The van der Waals surface area contributed by atoms with E-state index in [9.17, 15) is 19.7 Å². The molecule has 2 aromatic carbocycles. The van der Waals surface area contributed by atoms with Gasteiger partial charge >= 0.3 is 11.8 Å². The molecule has 4 unspecified atom stereocenters. The van der Waals surface area contributed by atoms with Crippen molar-refractivity contribution in [2.45, 2.75) is 66.1 Å². The molecule has 0 aromatic heterocycles. The summed E-state index contributed by atoms with van der Waals surface area (Å²) in [6, 6.07) is 14.3. The van der Waals surface area contributed by atoms with E-state index in [1.54, 1.807) is 13.1 Å². The molecule has 0 radical (unpaired) electrons. The van der Waals surface area contributed by atoms with Crippen LogP contribution in [0.5, 0.6) is 5.75 Å². The van der Waals surface area contributed by atoms with E-state index in [0.29, 0.717) is 12.0 Å². The first-order valence-electron chi connectivity index (χ1n) is 13.1. The highest BCUT2D eigenvalue weighted by atomic mass is 16.7. The molecule has 1 amide bonds. The largest absolute Gasteiger partial charge is 0.457 e. The SMILES string of the molecule is CC(=O)C1OC(Oc2ccc(COC(=O)N(C)COC(C)Cc3ccccc3)cc2[N+](=O)[O-])[C@@H](C)[C@@H](C)C1C. The molecule has 10 nitrogen and oxygen atoms in total. The Morgan fingerprint density at radius 3 is 2.38 bits per heavy atom. The Morgan fingerprint density at radius 1 is 1.05 bits per heavy atom. The molecule has 0 spiro atoms. The number of benzene rings is 2. The summed E-state index contributed by atoms with van der Waals surface area (Å²) in [6.45, 7) is 9.17.